The molecule has 166 valence electrons. The average Bonchev–Trinajstić information content (AvgIpc) is 3.21. The lowest BCUT2D eigenvalue weighted by Crippen LogP contribution is -2.40. The van der Waals surface area contributed by atoms with Crippen LogP contribution in [-0.4, -0.2) is 53.6 Å². The molecule has 1 heterocycles. The van der Waals surface area contributed by atoms with Gasteiger partial charge in [-0.3, -0.25) is 4.79 Å². The van der Waals surface area contributed by atoms with E-state index in [9.17, 15) is 19.8 Å². The molecule has 1 amide bonds. The van der Waals surface area contributed by atoms with Crippen molar-refractivity contribution in [2.45, 2.75) is 37.9 Å². The second-order valence-corrected chi connectivity index (χ2v) is 7.53. The number of aliphatic hydroxyl groups excluding tert-OH is 1. The van der Waals surface area contributed by atoms with Crippen molar-refractivity contribution in [3.63, 3.8) is 0 Å². The number of ether oxygens (including phenoxy) is 3. The Bertz CT molecular complexity index is 908. The quantitative estimate of drug-likeness (QED) is 0.532. The zero-order valence-corrected chi connectivity index (χ0v) is 17.4. The Labute approximate surface area is 180 Å². The average molecular weight is 429 g/mol. The van der Waals surface area contributed by atoms with Crippen LogP contribution in [0.3, 0.4) is 0 Å². The van der Waals surface area contributed by atoms with Crippen molar-refractivity contribution >= 4 is 17.6 Å². The molecule has 1 unspecified atom stereocenters. The Morgan fingerprint density at radius 3 is 2.65 bits per heavy atom. The summed E-state index contributed by atoms with van der Waals surface area (Å²) in [6.07, 6.45) is 0.548. The zero-order valence-electron chi connectivity index (χ0n) is 17.4. The number of carboxylic acids is 1. The monoisotopic (exact) mass is 429 g/mol. The molecule has 31 heavy (non-hydrogen) atoms. The number of hydrogen-bond acceptors (Lipinski definition) is 6. The van der Waals surface area contributed by atoms with Crippen molar-refractivity contribution < 1.29 is 34.0 Å². The van der Waals surface area contributed by atoms with Gasteiger partial charge in [-0.25, -0.2) is 4.79 Å². The maximum atomic E-state index is 11.7. The molecule has 3 rings (SSSR count). The Balaban J connectivity index is 1.53. The molecule has 0 saturated carbocycles. The van der Waals surface area contributed by atoms with E-state index < -0.39 is 17.7 Å². The summed E-state index contributed by atoms with van der Waals surface area (Å²) < 4.78 is 16.8. The highest BCUT2D eigenvalue weighted by atomic mass is 16.5. The number of nitrogens with one attached hydrogen (secondary N) is 1. The van der Waals surface area contributed by atoms with Gasteiger partial charge in [0.15, 0.2) is 5.60 Å². The van der Waals surface area contributed by atoms with Gasteiger partial charge in [0.2, 0.25) is 5.91 Å². The van der Waals surface area contributed by atoms with Gasteiger partial charge in [-0.2, -0.15) is 0 Å². The van der Waals surface area contributed by atoms with Gasteiger partial charge < -0.3 is 29.7 Å². The number of carboxylic acid groups (broad SMARTS) is 1. The molecule has 2 aromatic rings. The number of rotatable bonds is 10. The summed E-state index contributed by atoms with van der Waals surface area (Å²) in [6.45, 7) is 1.82. The SMILES string of the molecule is CC(=O)Nc1ccccc1OC[C@H](O)COc1cccc(CC2(C(=O)O)CCCO2)c1. The highest BCUT2D eigenvalue weighted by Crippen LogP contribution is 2.31. The molecule has 1 fully saturated rings. The van der Waals surface area contributed by atoms with Crippen LogP contribution >= 0.6 is 0 Å². The third-order valence-corrected chi connectivity index (χ3v) is 4.95. The van der Waals surface area contributed by atoms with Gasteiger partial charge in [-0.15, -0.1) is 0 Å². The molecule has 8 nitrogen and oxygen atoms in total. The predicted octanol–water partition coefficient (Wildman–Crippen LogP) is 2.64. The standard InChI is InChI=1S/C23H27NO7/c1-16(25)24-20-8-2-3-9-21(20)30-15-18(26)14-29-19-7-4-6-17(12-19)13-23(22(27)28)10-5-11-31-23/h2-4,6-9,12,18,26H,5,10-11,13-15H2,1H3,(H,24,25)(H,27,28)/t18-,23?/m1/s1. The normalized spacial score (nSPS) is 18.9. The summed E-state index contributed by atoms with van der Waals surface area (Å²) in [5, 5.41) is 22.5. The largest absolute Gasteiger partial charge is 0.491 e. The van der Waals surface area contributed by atoms with Crippen LogP contribution in [0.5, 0.6) is 11.5 Å². The summed E-state index contributed by atoms with van der Waals surface area (Å²) in [7, 11) is 0. The molecule has 1 saturated heterocycles. The Kier molecular flexibility index (Phi) is 7.49. The number of amides is 1. The number of anilines is 1. The highest BCUT2D eigenvalue weighted by molar-refractivity contribution is 5.90. The topological polar surface area (TPSA) is 114 Å². The van der Waals surface area contributed by atoms with Crippen molar-refractivity contribution in [3.05, 3.63) is 54.1 Å². The fourth-order valence-electron chi connectivity index (χ4n) is 3.47. The summed E-state index contributed by atoms with van der Waals surface area (Å²) in [5.74, 6) is -0.195. The van der Waals surface area contributed by atoms with E-state index in [4.69, 9.17) is 14.2 Å². The minimum Gasteiger partial charge on any atom is -0.491 e. The van der Waals surface area contributed by atoms with Crippen LogP contribution in [0.1, 0.15) is 25.3 Å². The van der Waals surface area contributed by atoms with Crippen LogP contribution in [0.25, 0.3) is 0 Å². The third kappa shape index (κ3) is 6.19. The molecule has 0 radical (unpaired) electrons. The minimum atomic E-state index is -1.19. The first-order chi connectivity index (χ1) is 14.9. The van der Waals surface area contributed by atoms with Gasteiger partial charge in [0.05, 0.1) is 5.69 Å². The molecule has 0 spiro atoms. The number of hydrogen-bond donors (Lipinski definition) is 3. The van der Waals surface area contributed by atoms with E-state index in [2.05, 4.69) is 5.32 Å². The number of aliphatic carboxylic acids is 1. The molecule has 3 N–H and O–H groups in total. The van der Waals surface area contributed by atoms with Gasteiger partial charge in [0.25, 0.3) is 0 Å². The van der Waals surface area contributed by atoms with Crippen LogP contribution in [0.4, 0.5) is 5.69 Å². The fraction of sp³-hybridized carbons (Fsp3) is 0.391. The van der Waals surface area contributed by atoms with Crippen LogP contribution in [0.2, 0.25) is 0 Å². The second kappa shape index (κ2) is 10.3. The summed E-state index contributed by atoms with van der Waals surface area (Å²) >= 11 is 0. The molecule has 0 aliphatic carbocycles. The number of carbonyl (C=O) groups excluding carboxylic acids is 1. The fourth-order valence-corrected chi connectivity index (χ4v) is 3.47. The third-order valence-electron chi connectivity index (χ3n) is 4.95. The molecule has 2 aromatic carbocycles. The Hall–Kier alpha value is -3.10. The summed E-state index contributed by atoms with van der Waals surface area (Å²) in [4.78, 5) is 23.0. The van der Waals surface area contributed by atoms with E-state index in [1.54, 1.807) is 42.5 Å². The smallest absolute Gasteiger partial charge is 0.336 e. The zero-order chi connectivity index (χ0) is 22.3. The first kappa shape index (κ1) is 22.6. The lowest BCUT2D eigenvalue weighted by atomic mass is 9.91. The van der Waals surface area contributed by atoms with E-state index in [-0.39, 0.29) is 25.5 Å². The van der Waals surface area contributed by atoms with Crippen LogP contribution < -0.4 is 14.8 Å². The highest BCUT2D eigenvalue weighted by Gasteiger charge is 2.42. The van der Waals surface area contributed by atoms with Crippen LogP contribution in [0, 0.1) is 0 Å². The maximum absolute atomic E-state index is 11.7. The van der Waals surface area contributed by atoms with Crippen LogP contribution in [0.15, 0.2) is 48.5 Å². The van der Waals surface area contributed by atoms with Crippen molar-refractivity contribution in [1.82, 2.24) is 0 Å². The van der Waals surface area contributed by atoms with Crippen molar-refractivity contribution in [3.8, 4) is 11.5 Å². The molecule has 0 bridgehead atoms. The van der Waals surface area contributed by atoms with Crippen molar-refractivity contribution in [2.75, 3.05) is 25.1 Å². The first-order valence-electron chi connectivity index (χ1n) is 10.1. The lowest BCUT2D eigenvalue weighted by molar-refractivity contribution is -0.159. The Morgan fingerprint density at radius 2 is 1.94 bits per heavy atom. The first-order valence-corrected chi connectivity index (χ1v) is 10.1. The van der Waals surface area contributed by atoms with E-state index in [0.717, 1.165) is 12.0 Å². The molecular formula is C23H27NO7. The van der Waals surface area contributed by atoms with Crippen LogP contribution in [-0.2, 0) is 20.7 Å². The molecule has 1 aliphatic heterocycles. The van der Waals surface area contributed by atoms with E-state index >= 15 is 0 Å². The molecular weight excluding hydrogens is 402 g/mol. The number of benzene rings is 2. The molecule has 0 aromatic heterocycles. The Morgan fingerprint density at radius 1 is 1.16 bits per heavy atom. The maximum Gasteiger partial charge on any atom is 0.336 e. The minimum absolute atomic E-state index is 0.00761. The van der Waals surface area contributed by atoms with E-state index in [1.807, 2.05) is 6.07 Å². The van der Waals surface area contributed by atoms with Crippen molar-refractivity contribution in [2.24, 2.45) is 0 Å². The summed E-state index contributed by atoms with van der Waals surface area (Å²) in [6, 6.07) is 14.1. The lowest BCUT2D eigenvalue weighted by Gasteiger charge is -2.23. The second-order valence-electron chi connectivity index (χ2n) is 7.53. The number of aliphatic hydroxyl groups is 1. The van der Waals surface area contributed by atoms with Gasteiger partial charge in [0.1, 0.15) is 30.8 Å². The van der Waals surface area contributed by atoms with E-state index in [0.29, 0.717) is 30.2 Å². The number of carbonyl (C=O) groups is 2. The predicted molar refractivity (Wildman–Crippen MR) is 113 cm³/mol. The van der Waals surface area contributed by atoms with Gasteiger partial charge in [-0.1, -0.05) is 24.3 Å². The number of para-hydroxylation sites is 2. The van der Waals surface area contributed by atoms with Gasteiger partial charge in [0, 0.05) is 20.0 Å². The summed E-state index contributed by atoms with van der Waals surface area (Å²) in [5.41, 5.74) is 0.127. The van der Waals surface area contributed by atoms with Gasteiger partial charge in [-0.05, 0) is 42.7 Å². The van der Waals surface area contributed by atoms with Gasteiger partial charge >= 0.3 is 5.97 Å². The van der Waals surface area contributed by atoms with Crippen molar-refractivity contribution in [1.29, 1.82) is 0 Å². The molecule has 1 aliphatic rings. The molecule has 8 heteroatoms. The van der Waals surface area contributed by atoms with E-state index in [1.165, 1.54) is 6.92 Å². The molecule has 2 atom stereocenters.